The first-order valence-electron chi connectivity index (χ1n) is 7.88. The van der Waals surface area contributed by atoms with Crippen molar-refractivity contribution in [1.29, 1.82) is 0 Å². The van der Waals surface area contributed by atoms with Crippen LogP contribution in [0.2, 0.25) is 5.02 Å². The molecule has 1 N–H and O–H groups in total. The first-order valence-corrected chi connectivity index (χ1v) is 9.06. The van der Waals surface area contributed by atoms with Crippen LogP contribution in [-0.2, 0) is 15.8 Å². The molecule has 0 aliphatic carbocycles. The maximum atomic E-state index is 12.9. The second-order valence-electron chi connectivity index (χ2n) is 6.07. The number of hydrogen-bond acceptors (Lipinski definition) is 2. The molecule has 9 heteroatoms. The fraction of sp³-hybridized carbons (Fsp3) is 0.222. The number of halogens is 5. The van der Waals surface area contributed by atoms with Gasteiger partial charge in [0, 0.05) is 28.8 Å². The fourth-order valence-electron chi connectivity index (χ4n) is 2.80. The summed E-state index contributed by atoms with van der Waals surface area (Å²) in [6.45, 7) is 0.0102. The Morgan fingerprint density at radius 2 is 1.96 bits per heavy atom. The number of nitrogens with zero attached hydrogens (tertiary/aromatic N) is 1. The molecule has 0 aromatic heterocycles. The SMILES string of the molecule is O=C(Nc1ccc(Br)c(Cl)c1)[C@@H]1CC(=O)N(c2cccc(C(F)(F)F)c2)C1. The van der Waals surface area contributed by atoms with Crippen molar-refractivity contribution in [3.8, 4) is 0 Å². The van der Waals surface area contributed by atoms with Gasteiger partial charge in [0.05, 0.1) is 16.5 Å². The average Bonchev–Trinajstić information content (AvgIpc) is 2.99. The van der Waals surface area contributed by atoms with E-state index in [9.17, 15) is 22.8 Å². The molecule has 1 atom stereocenters. The van der Waals surface area contributed by atoms with Crippen LogP contribution < -0.4 is 10.2 Å². The average molecular weight is 462 g/mol. The zero-order chi connectivity index (χ0) is 19.8. The zero-order valence-electron chi connectivity index (χ0n) is 13.7. The molecule has 1 fully saturated rings. The van der Waals surface area contributed by atoms with Gasteiger partial charge in [-0.05, 0) is 52.3 Å². The third-order valence-electron chi connectivity index (χ3n) is 4.17. The molecule has 4 nitrogen and oxygen atoms in total. The van der Waals surface area contributed by atoms with Crippen LogP contribution in [0.25, 0.3) is 0 Å². The van der Waals surface area contributed by atoms with E-state index in [0.717, 1.165) is 12.1 Å². The van der Waals surface area contributed by atoms with Gasteiger partial charge in [0.25, 0.3) is 0 Å². The largest absolute Gasteiger partial charge is 0.416 e. The minimum absolute atomic E-state index is 0.0102. The van der Waals surface area contributed by atoms with Crippen LogP contribution in [0, 0.1) is 5.92 Å². The Morgan fingerprint density at radius 3 is 2.63 bits per heavy atom. The van der Waals surface area contributed by atoms with Crippen LogP contribution >= 0.6 is 27.5 Å². The monoisotopic (exact) mass is 460 g/mol. The van der Waals surface area contributed by atoms with E-state index >= 15 is 0 Å². The van der Waals surface area contributed by atoms with Crippen molar-refractivity contribution >= 4 is 50.7 Å². The predicted octanol–water partition coefficient (Wildman–Crippen LogP) is 5.11. The van der Waals surface area contributed by atoms with Gasteiger partial charge in [-0.15, -0.1) is 0 Å². The topological polar surface area (TPSA) is 49.4 Å². The lowest BCUT2D eigenvalue weighted by Crippen LogP contribution is -2.28. The van der Waals surface area contributed by atoms with Gasteiger partial charge >= 0.3 is 6.18 Å². The van der Waals surface area contributed by atoms with Crippen LogP contribution in [-0.4, -0.2) is 18.4 Å². The molecule has 142 valence electrons. The molecular weight excluding hydrogens is 449 g/mol. The molecule has 27 heavy (non-hydrogen) atoms. The highest BCUT2D eigenvalue weighted by Crippen LogP contribution is 2.34. The smallest absolute Gasteiger partial charge is 0.326 e. The minimum atomic E-state index is -4.50. The van der Waals surface area contributed by atoms with Gasteiger partial charge in [-0.2, -0.15) is 13.2 Å². The quantitative estimate of drug-likeness (QED) is 0.690. The number of amides is 2. The Kier molecular flexibility index (Phi) is 5.48. The number of carbonyl (C=O) groups excluding carboxylic acids is 2. The van der Waals surface area contributed by atoms with Gasteiger partial charge in [0.15, 0.2) is 0 Å². The lowest BCUT2D eigenvalue weighted by Gasteiger charge is -2.18. The van der Waals surface area contributed by atoms with E-state index in [-0.39, 0.29) is 18.7 Å². The number of nitrogens with one attached hydrogen (secondary N) is 1. The van der Waals surface area contributed by atoms with Crippen LogP contribution in [0.15, 0.2) is 46.9 Å². The maximum absolute atomic E-state index is 12.9. The van der Waals surface area contributed by atoms with E-state index in [1.807, 2.05) is 0 Å². The fourth-order valence-corrected chi connectivity index (χ4v) is 3.23. The third kappa shape index (κ3) is 4.44. The molecule has 0 unspecified atom stereocenters. The summed E-state index contributed by atoms with van der Waals surface area (Å²) in [4.78, 5) is 25.9. The summed E-state index contributed by atoms with van der Waals surface area (Å²) in [5, 5.41) is 3.09. The van der Waals surface area contributed by atoms with E-state index in [1.165, 1.54) is 17.0 Å². The lowest BCUT2D eigenvalue weighted by molar-refractivity contribution is -0.137. The predicted molar refractivity (Wildman–Crippen MR) is 99.7 cm³/mol. The number of carbonyl (C=O) groups is 2. The molecule has 0 radical (unpaired) electrons. The summed E-state index contributed by atoms with van der Waals surface area (Å²) in [5.74, 6) is -1.46. The summed E-state index contributed by atoms with van der Waals surface area (Å²) >= 11 is 9.23. The highest BCUT2D eigenvalue weighted by molar-refractivity contribution is 9.10. The lowest BCUT2D eigenvalue weighted by atomic mass is 10.1. The molecule has 2 aromatic rings. The molecule has 1 heterocycles. The first-order chi connectivity index (χ1) is 12.6. The summed E-state index contributed by atoms with van der Waals surface area (Å²) < 4.78 is 39.3. The summed E-state index contributed by atoms with van der Waals surface area (Å²) in [5.41, 5.74) is -0.250. The Labute approximate surface area is 166 Å². The molecule has 2 aromatic carbocycles. The molecule has 0 saturated carbocycles. The Hall–Kier alpha value is -2.06. The van der Waals surface area contributed by atoms with Gasteiger partial charge in [-0.3, -0.25) is 9.59 Å². The van der Waals surface area contributed by atoms with E-state index in [1.54, 1.807) is 18.2 Å². The van der Waals surface area contributed by atoms with E-state index in [4.69, 9.17) is 11.6 Å². The Bertz CT molecular complexity index is 904. The molecule has 3 rings (SSSR count). The van der Waals surface area contributed by atoms with Crippen molar-refractivity contribution in [3.63, 3.8) is 0 Å². The van der Waals surface area contributed by atoms with Crippen molar-refractivity contribution in [2.75, 3.05) is 16.8 Å². The molecule has 2 amide bonds. The van der Waals surface area contributed by atoms with Crippen molar-refractivity contribution < 1.29 is 22.8 Å². The molecule has 1 aliphatic rings. The summed E-state index contributed by atoms with van der Waals surface area (Å²) in [7, 11) is 0. The van der Waals surface area contributed by atoms with Gasteiger partial charge in [-0.25, -0.2) is 0 Å². The Balaban J connectivity index is 1.73. The summed E-state index contributed by atoms with van der Waals surface area (Å²) in [6, 6.07) is 9.38. The minimum Gasteiger partial charge on any atom is -0.326 e. The Morgan fingerprint density at radius 1 is 1.22 bits per heavy atom. The maximum Gasteiger partial charge on any atom is 0.416 e. The highest BCUT2D eigenvalue weighted by atomic mass is 79.9. The number of benzene rings is 2. The molecule has 0 spiro atoms. The number of anilines is 2. The van der Waals surface area contributed by atoms with Crippen molar-refractivity contribution in [3.05, 3.63) is 57.5 Å². The van der Waals surface area contributed by atoms with Gasteiger partial charge in [0.2, 0.25) is 11.8 Å². The first kappa shape index (κ1) is 19.7. The summed E-state index contributed by atoms with van der Waals surface area (Å²) in [6.07, 6.45) is -4.58. The number of rotatable bonds is 3. The van der Waals surface area contributed by atoms with Crippen LogP contribution in [0.1, 0.15) is 12.0 Å². The standard InChI is InChI=1S/C18H13BrClF3N2O2/c19-14-5-4-12(8-15(14)20)24-17(27)10-6-16(26)25(9-10)13-3-1-2-11(7-13)18(21,22)23/h1-5,7-8,10H,6,9H2,(H,24,27)/t10-/m1/s1. The second kappa shape index (κ2) is 7.52. The molecular formula is C18H13BrClF3N2O2. The van der Waals surface area contributed by atoms with Crippen LogP contribution in [0.4, 0.5) is 24.5 Å². The molecule has 1 saturated heterocycles. The van der Waals surface area contributed by atoms with Gasteiger partial charge < -0.3 is 10.2 Å². The molecule has 0 bridgehead atoms. The van der Waals surface area contributed by atoms with Crippen LogP contribution in [0.5, 0.6) is 0 Å². The number of alkyl halides is 3. The third-order valence-corrected chi connectivity index (χ3v) is 5.40. The van der Waals surface area contributed by atoms with Crippen molar-refractivity contribution in [2.45, 2.75) is 12.6 Å². The van der Waals surface area contributed by atoms with E-state index in [2.05, 4.69) is 21.2 Å². The second-order valence-corrected chi connectivity index (χ2v) is 7.33. The van der Waals surface area contributed by atoms with E-state index in [0.29, 0.717) is 15.2 Å². The van der Waals surface area contributed by atoms with Gasteiger partial charge in [0.1, 0.15) is 0 Å². The molecule has 1 aliphatic heterocycles. The van der Waals surface area contributed by atoms with Gasteiger partial charge in [-0.1, -0.05) is 17.7 Å². The number of hydrogen-bond donors (Lipinski definition) is 1. The van der Waals surface area contributed by atoms with Crippen LogP contribution in [0.3, 0.4) is 0 Å². The highest BCUT2D eigenvalue weighted by Gasteiger charge is 2.37. The van der Waals surface area contributed by atoms with Crippen molar-refractivity contribution in [2.24, 2.45) is 5.92 Å². The zero-order valence-corrected chi connectivity index (χ0v) is 16.0. The van der Waals surface area contributed by atoms with Crippen molar-refractivity contribution in [1.82, 2.24) is 0 Å². The van der Waals surface area contributed by atoms with E-state index < -0.39 is 29.5 Å². The normalized spacial score (nSPS) is 17.3.